The van der Waals surface area contributed by atoms with Gasteiger partial charge in [-0.15, -0.1) is 0 Å². The van der Waals surface area contributed by atoms with Gasteiger partial charge < -0.3 is 13.9 Å². The second-order valence-corrected chi connectivity index (χ2v) is 5.92. The standard InChI is InChI=1S/C13H16N2O5S/c1-18-9-12(13-4-3-5-20-13)15-21(16,17)11-6-10(19-2)7-14-8-11/h3-8,12,15H,9H2,1-2H3. The molecule has 0 radical (unpaired) electrons. The number of hydrogen-bond acceptors (Lipinski definition) is 6. The van der Waals surface area contributed by atoms with Crippen LogP contribution in [-0.4, -0.2) is 34.2 Å². The summed E-state index contributed by atoms with van der Waals surface area (Å²) >= 11 is 0. The molecule has 0 aliphatic heterocycles. The smallest absolute Gasteiger partial charge is 0.242 e. The topological polar surface area (TPSA) is 90.7 Å². The van der Waals surface area contributed by atoms with E-state index < -0.39 is 16.1 Å². The highest BCUT2D eigenvalue weighted by atomic mass is 32.2. The summed E-state index contributed by atoms with van der Waals surface area (Å²) in [5, 5.41) is 0. The van der Waals surface area contributed by atoms with Crippen molar-refractivity contribution >= 4 is 10.0 Å². The van der Waals surface area contributed by atoms with Crippen LogP contribution in [-0.2, 0) is 14.8 Å². The van der Waals surface area contributed by atoms with Crippen LogP contribution in [0.4, 0.5) is 0 Å². The minimum atomic E-state index is -3.77. The number of rotatable bonds is 7. The summed E-state index contributed by atoms with van der Waals surface area (Å²) in [6.07, 6.45) is 4.15. The molecule has 21 heavy (non-hydrogen) atoms. The van der Waals surface area contributed by atoms with Gasteiger partial charge in [0.15, 0.2) is 0 Å². The zero-order valence-electron chi connectivity index (χ0n) is 11.6. The van der Waals surface area contributed by atoms with Crippen LogP contribution in [0.15, 0.2) is 46.2 Å². The first-order valence-corrected chi connectivity index (χ1v) is 7.59. The molecule has 0 bridgehead atoms. The molecule has 1 N–H and O–H groups in total. The zero-order chi connectivity index (χ0) is 15.3. The molecule has 0 aromatic carbocycles. The second kappa shape index (κ2) is 6.70. The Kier molecular flexibility index (Phi) is 4.94. The normalized spacial score (nSPS) is 13.0. The highest BCUT2D eigenvalue weighted by Gasteiger charge is 2.24. The Labute approximate surface area is 122 Å². The Bertz CT molecular complexity index is 670. The predicted molar refractivity (Wildman–Crippen MR) is 74.4 cm³/mol. The summed E-state index contributed by atoms with van der Waals surface area (Å²) in [6.45, 7) is 0.143. The van der Waals surface area contributed by atoms with Gasteiger partial charge in [-0.1, -0.05) is 0 Å². The average Bonchev–Trinajstić information content (AvgIpc) is 3.01. The maximum Gasteiger partial charge on any atom is 0.242 e. The maximum atomic E-state index is 12.4. The van der Waals surface area contributed by atoms with Crippen molar-refractivity contribution in [3.05, 3.63) is 42.6 Å². The third-order valence-electron chi connectivity index (χ3n) is 2.75. The van der Waals surface area contributed by atoms with Gasteiger partial charge >= 0.3 is 0 Å². The van der Waals surface area contributed by atoms with Gasteiger partial charge in [0.05, 0.1) is 26.2 Å². The number of ether oxygens (including phenoxy) is 2. The summed E-state index contributed by atoms with van der Waals surface area (Å²) in [6, 6.07) is 4.12. The summed E-state index contributed by atoms with van der Waals surface area (Å²) in [5.74, 6) is 0.829. The minimum absolute atomic E-state index is 0.00880. The van der Waals surface area contributed by atoms with E-state index in [1.54, 1.807) is 12.1 Å². The SMILES string of the molecule is COCC(NS(=O)(=O)c1cncc(OC)c1)c1ccco1. The van der Waals surface area contributed by atoms with Gasteiger partial charge in [-0.3, -0.25) is 4.98 Å². The molecule has 0 amide bonds. The fourth-order valence-corrected chi connectivity index (χ4v) is 2.91. The number of nitrogens with one attached hydrogen (secondary N) is 1. The van der Waals surface area contributed by atoms with Crippen LogP contribution in [0.2, 0.25) is 0 Å². The fourth-order valence-electron chi connectivity index (χ4n) is 1.74. The molecule has 0 aliphatic carbocycles. The molecule has 0 saturated carbocycles. The van der Waals surface area contributed by atoms with E-state index in [0.29, 0.717) is 11.5 Å². The number of methoxy groups -OCH3 is 2. The van der Waals surface area contributed by atoms with Gasteiger partial charge in [-0.05, 0) is 12.1 Å². The van der Waals surface area contributed by atoms with E-state index in [1.165, 1.54) is 38.9 Å². The maximum absolute atomic E-state index is 12.4. The van der Waals surface area contributed by atoms with Gasteiger partial charge in [0, 0.05) is 19.4 Å². The van der Waals surface area contributed by atoms with Crippen LogP contribution in [0.1, 0.15) is 11.8 Å². The average molecular weight is 312 g/mol. The van der Waals surface area contributed by atoms with E-state index in [-0.39, 0.29) is 11.5 Å². The van der Waals surface area contributed by atoms with Crippen molar-refractivity contribution in [2.24, 2.45) is 0 Å². The minimum Gasteiger partial charge on any atom is -0.495 e. The Morgan fingerprint density at radius 2 is 2.19 bits per heavy atom. The van der Waals surface area contributed by atoms with E-state index >= 15 is 0 Å². The van der Waals surface area contributed by atoms with E-state index in [4.69, 9.17) is 13.9 Å². The molecule has 2 aromatic rings. The summed E-state index contributed by atoms with van der Waals surface area (Å²) < 4.78 is 42.5. The Morgan fingerprint density at radius 1 is 1.38 bits per heavy atom. The fraction of sp³-hybridized carbons (Fsp3) is 0.308. The Morgan fingerprint density at radius 3 is 2.81 bits per heavy atom. The first-order chi connectivity index (χ1) is 10.1. The lowest BCUT2D eigenvalue weighted by molar-refractivity contribution is 0.166. The lowest BCUT2D eigenvalue weighted by atomic mass is 10.2. The predicted octanol–water partition coefficient (Wildman–Crippen LogP) is 1.35. The van der Waals surface area contributed by atoms with Crippen LogP contribution < -0.4 is 9.46 Å². The largest absolute Gasteiger partial charge is 0.495 e. The van der Waals surface area contributed by atoms with Gasteiger partial charge in [0.25, 0.3) is 0 Å². The van der Waals surface area contributed by atoms with Gasteiger partial charge in [-0.25, -0.2) is 8.42 Å². The molecule has 1 unspecified atom stereocenters. The third-order valence-corrected chi connectivity index (χ3v) is 4.19. The first-order valence-electron chi connectivity index (χ1n) is 6.10. The van der Waals surface area contributed by atoms with Crippen molar-refractivity contribution in [3.63, 3.8) is 0 Å². The van der Waals surface area contributed by atoms with E-state index in [2.05, 4.69) is 9.71 Å². The van der Waals surface area contributed by atoms with Gasteiger partial charge in [-0.2, -0.15) is 4.72 Å². The monoisotopic (exact) mass is 312 g/mol. The molecule has 2 aromatic heterocycles. The molecule has 114 valence electrons. The number of hydrogen-bond donors (Lipinski definition) is 1. The molecule has 2 heterocycles. The van der Waals surface area contributed by atoms with Gasteiger partial charge in [0.2, 0.25) is 10.0 Å². The number of aromatic nitrogens is 1. The van der Waals surface area contributed by atoms with Crippen LogP contribution >= 0.6 is 0 Å². The molecular formula is C13H16N2O5S. The second-order valence-electron chi connectivity index (χ2n) is 4.21. The van der Waals surface area contributed by atoms with Gasteiger partial charge in [0.1, 0.15) is 22.4 Å². The number of nitrogens with zero attached hydrogens (tertiary/aromatic N) is 1. The summed E-state index contributed by atoms with van der Waals surface area (Å²) in [7, 11) is -0.847. The van der Waals surface area contributed by atoms with Crippen LogP contribution in [0.25, 0.3) is 0 Å². The molecule has 0 aliphatic rings. The number of sulfonamides is 1. The van der Waals surface area contributed by atoms with Crippen molar-refractivity contribution in [2.75, 3.05) is 20.8 Å². The van der Waals surface area contributed by atoms with Crippen molar-refractivity contribution < 1.29 is 22.3 Å². The molecule has 1 atom stereocenters. The van der Waals surface area contributed by atoms with Crippen molar-refractivity contribution in [1.29, 1.82) is 0 Å². The van der Waals surface area contributed by atoms with Crippen LogP contribution in [0.5, 0.6) is 5.75 Å². The molecule has 8 heteroatoms. The molecule has 0 fully saturated rings. The van der Waals surface area contributed by atoms with E-state index in [9.17, 15) is 8.42 Å². The highest BCUT2D eigenvalue weighted by molar-refractivity contribution is 7.89. The number of furan rings is 1. The van der Waals surface area contributed by atoms with Crippen LogP contribution in [0.3, 0.4) is 0 Å². The third kappa shape index (κ3) is 3.81. The lowest BCUT2D eigenvalue weighted by Crippen LogP contribution is -2.31. The first kappa shape index (κ1) is 15.5. The Balaban J connectivity index is 2.25. The lowest BCUT2D eigenvalue weighted by Gasteiger charge is -2.16. The molecule has 0 saturated heterocycles. The Hall–Kier alpha value is -1.90. The van der Waals surface area contributed by atoms with Crippen molar-refractivity contribution in [3.8, 4) is 5.75 Å². The zero-order valence-corrected chi connectivity index (χ0v) is 12.5. The van der Waals surface area contributed by atoms with Crippen LogP contribution in [0, 0.1) is 0 Å². The number of pyridine rings is 1. The molecule has 0 spiro atoms. The quantitative estimate of drug-likeness (QED) is 0.830. The van der Waals surface area contributed by atoms with E-state index in [1.807, 2.05) is 0 Å². The molecule has 7 nitrogen and oxygen atoms in total. The molecular weight excluding hydrogens is 296 g/mol. The molecule has 2 rings (SSSR count). The summed E-state index contributed by atoms with van der Waals surface area (Å²) in [5.41, 5.74) is 0. The van der Waals surface area contributed by atoms with Crippen molar-refractivity contribution in [1.82, 2.24) is 9.71 Å². The highest BCUT2D eigenvalue weighted by Crippen LogP contribution is 2.20. The van der Waals surface area contributed by atoms with Crippen molar-refractivity contribution in [2.45, 2.75) is 10.9 Å². The summed E-state index contributed by atoms with van der Waals surface area (Å²) in [4.78, 5) is 3.85. The van der Waals surface area contributed by atoms with E-state index in [0.717, 1.165) is 0 Å².